The van der Waals surface area contributed by atoms with Crippen LogP contribution < -0.4 is 10.3 Å². The van der Waals surface area contributed by atoms with E-state index in [-0.39, 0.29) is 17.8 Å². The number of tetrazole rings is 1. The van der Waals surface area contributed by atoms with E-state index >= 15 is 0 Å². The van der Waals surface area contributed by atoms with Crippen molar-refractivity contribution in [3.05, 3.63) is 70.2 Å². The molecule has 206 valence electrons. The molecule has 3 aromatic heterocycles. The van der Waals surface area contributed by atoms with Crippen molar-refractivity contribution in [2.24, 2.45) is 0 Å². The van der Waals surface area contributed by atoms with Crippen LogP contribution in [-0.2, 0) is 22.6 Å². The van der Waals surface area contributed by atoms with Gasteiger partial charge in [-0.15, -0.1) is 5.10 Å². The highest BCUT2D eigenvalue weighted by Crippen LogP contribution is 2.31. The summed E-state index contributed by atoms with van der Waals surface area (Å²) in [5.74, 6) is 2.11. The molecule has 1 aromatic carbocycles. The minimum Gasteiger partial charge on any atom is -0.494 e. The molecule has 0 amide bonds. The molecule has 4 aromatic rings. The second kappa shape index (κ2) is 11.7. The van der Waals surface area contributed by atoms with Crippen LogP contribution >= 0.6 is 0 Å². The number of rotatable bonds is 11. The topological polar surface area (TPSA) is 121 Å². The molecule has 39 heavy (non-hydrogen) atoms. The number of fused-ring (bicyclic) bond motifs is 1. The van der Waals surface area contributed by atoms with Crippen molar-refractivity contribution < 1.29 is 18.6 Å². The van der Waals surface area contributed by atoms with E-state index in [1.54, 1.807) is 10.9 Å². The molecule has 0 unspecified atom stereocenters. The maximum absolute atomic E-state index is 13.7. The normalized spacial score (nSPS) is 20.3. The summed E-state index contributed by atoms with van der Waals surface area (Å²) in [6.45, 7) is 5.55. The van der Waals surface area contributed by atoms with Gasteiger partial charge in [-0.2, -0.15) is 0 Å². The van der Waals surface area contributed by atoms with E-state index in [1.165, 1.54) is 0 Å². The maximum atomic E-state index is 13.7. The summed E-state index contributed by atoms with van der Waals surface area (Å²) in [5.41, 5.74) is 1.09. The lowest BCUT2D eigenvalue weighted by molar-refractivity contribution is 0.0528. The third kappa shape index (κ3) is 5.75. The van der Waals surface area contributed by atoms with Gasteiger partial charge in [0, 0.05) is 36.2 Å². The van der Waals surface area contributed by atoms with Crippen LogP contribution in [0.1, 0.15) is 55.8 Å². The van der Waals surface area contributed by atoms with Crippen molar-refractivity contribution in [1.29, 1.82) is 0 Å². The first kappa shape index (κ1) is 25.7. The third-order valence-electron chi connectivity index (χ3n) is 7.42. The summed E-state index contributed by atoms with van der Waals surface area (Å²) < 4.78 is 25.2. The van der Waals surface area contributed by atoms with Crippen LogP contribution in [0, 0.1) is 0 Å². The third-order valence-corrected chi connectivity index (χ3v) is 7.42. The summed E-state index contributed by atoms with van der Waals surface area (Å²) in [6, 6.07) is 10.9. The predicted molar refractivity (Wildman–Crippen MR) is 142 cm³/mol. The lowest BCUT2D eigenvalue weighted by atomic mass is 10.0. The Labute approximate surface area is 226 Å². The molecular weight excluding hydrogens is 500 g/mol. The number of hydrogen-bond acceptors (Lipinski definition) is 9. The Morgan fingerprint density at radius 2 is 2.00 bits per heavy atom. The standard InChI is InChI=1S/C28H34N6O5/c1-2-36-20-9-10-25-19(14-20)15-24(28(35)29-25)26(27-30-31-32-34(27)18-23-8-5-13-39-23)33(16-21-6-3-11-37-21)17-22-7-4-12-38-22/h3,6,9-11,14-15,22-23,26H,2,4-5,7-8,12-13,16-18H2,1H3,(H,29,35)/t22-,23-,26+/m0/s1. The van der Waals surface area contributed by atoms with Crippen molar-refractivity contribution in [1.82, 2.24) is 30.1 Å². The molecule has 5 heterocycles. The second-order valence-electron chi connectivity index (χ2n) is 10.1. The Balaban J connectivity index is 1.47. The van der Waals surface area contributed by atoms with Crippen molar-refractivity contribution in [2.45, 2.75) is 63.9 Å². The molecule has 2 aliphatic heterocycles. The lowest BCUT2D eigenvalue weighted by Gasteiger charge is -2.32. The molecular formula is C28H34N6O5. The largest absolute Gasteiger partial charge is 0.494 e. The highest BCUT2D eigenvalue weighted by Gasteiger charge is 2.34. The van der Waals surface area contributed by atoms with Crippen LogP contribution in [0.4, 0.5) is 0 Å². The number of hydrogen-bond donors (Lipinski definition) is 1. The van der Waals surface area contributed by atoms with Gasteiger partial charge in [-0.25, -0.2) is 4.68 Å². The number of H-pyrrole nitrogens is 1. The average Bonchev–Trinajstić information content (AvgIpc) is 3.75. The number of ether oxygens (including phenoxy) is 3. The van der Waals surface area contributed by atoms with E-state index in [9.17, 15) is 4.79 Å². The van der Waals surface area contributed by atoms with Crippen LogP contribution in [0.5, 0.6) is 5.75 Å². The van der Waals surface area contributed by atoms with Gasteiger partial charge in [-0.3, -0.25) is 9.69 Å². The molecule has 11 nitrogen and oxygen atoms in total. The van der Waals surface area contributed by atoms with Gasteiger partial charge in [0.05, 0.1) is 38.2 Å². The number of benzene rings is 1. The Bertz CT molecular complexity index is 1420. The fraction of sp³-hybridized carbons (Fsp3) is 0.500. The number of pyridine rings is 1. The van der Waals surface area contributed by atoms with E-state index in [1.807, 2.05) is 43.3 Å². The molecule has 3 atom stereocenters. The van der Waals surface area contributed by atoms with E-state index in [0.29, 0.717) is 37.6 Å². The van der Waals surface area contributed by atoms with Gasteiger partial charge >= 0.3 is 0 Å². The second-order valence-corrected chi connectivity index (χ2v) is 10.1. The first-order valence-corrected chi connectivity index (χ1v) is 13.7. The average molecular weight is 535 g/mol. The molecule has 2 saturated heterocycles. The lowest BCUT2D eigenvalue weighted by Crippen LogP contribution is -2.39. The highest BCUT2D eigenvalue weighted by atomic mass is 16.5. The van der Waals surface area contributed by atoms with E-state index in [2.05, 4.69) is 25.4 Å². The Hall–Kier alpha value is -3.54. The van der Waals surface area contributed by atoms with Crippen LogP contribution in [0.3, 0.4) is 0 Å². The first-order valence-electron chi connectivity index (χ1n) is 13.7. The molecule has 2 fully saturated rings. The maximum Gasteiger partial charge on any atom is 0.253 e. The van der Waals surface area contributed by atoms with Crippen molar-refractivity contribution >= 4 is 10.9 Å². The Kier molecular flexibility index (Phi) is 7.71. The van der Waals surface area contributed by atoms with Crippen molar-refractivity contribution in [3.8, 4) is 5.75 Å². The van der Waals surface area contributed by atoms with Gasteiger partial charge in [-0.05, 0) is 79.4 Å². The van der Waals surface area contributed by atoms with Crippen LogP contribution in [0.2, 0.25) is 0 Å². The number of nitrogens with one attached hydrogen (secondary N) is 1. The van der Waals surface area contributed by atoms with E-state index < -0.39 is 6.04 Å². The highest BCUT2D eigenvalue weighted by molar-refractivity contribution is 5.80. The summed E-state index contributed by atoms with van der Waals surface area (Å²) >= 11 is 0. The molecule has 2 aliphatic rings. The van der Waals surface area contributed by atoms with E-state index in [0.717, 1.165) is 61.3 Å². The van der Waals surface area contributed by atoms with E-state index in [4.69, 9.17) is 18.6 Å². The SMILES string of the molecule is CCOc1ccc2[nH]c(=O)c([C@H](c3nnnn3C[C@@H]3CCCO3)N(Cc3ccco3)C[C@@H]3CCCO3)cc2c1. The minimum absolute atomic E-state index is 0.0354. The van der Waals surface area contributed by atoms with Crippen LogP contribution in [0.15, 0.2) is 51.9 Å². The molecule has 0 aliphatic carbocycles. The summed E-state index contributed by atoms with van der Waals surface area (Å²) in [5, 5.41) is 13.7. The van der Waals surface area contributed by atoms with Gasteiger partial charge in [0.2, 0.25) is 0 Å². The molecule has 0 radical (unpaired) electrons. The fourth-order valence-corrected chi connectivity index (χ4v) is 5.59. The molecule has 11 heteroatoms. The quantitative estimate of drug-likeness (QED) is 0.308. The van der Waals surface area contributed by atoms with Gasteiger partial charge in [0.1, 0.15) is 17.6 Å². The number of nitrogens with zero attached hydrogens (tertiary/aromatic N) is 5. The van der Waals surface area contributed by atoms with Crippen molar-refractivity contribution in [3.63, 3.8) is 0 Å². The monoisotopic (exact) mass is 534 g/mol. The molecule has 6 rings (SSSR count). The minimum atomic E-state index is -0.556. The zero-order valence-corrected chi connectivity index (χ0v) is 22.1. The Morgan fingerprint density at radius 1 is 1.15 bits per heavy atom. The Morgan fingerprint density at radius 3 is 2.74 bits per heavy atom. The van der Waals surface area contributed by atoms with Gasteiger partial charge in [0.15, 0.2) is 5.82 Å². The summed E-state index contributed by atoms with van der Waals surface area (Å²) in [4.78, 5) is 19.0. The molecule has 0 saturated carbocycles. The summed E-state index contributed by atoms with van der Waals surface area (Å²) in [7, 11) is 0. The number of aromatic amines is 1. The smallest absolute Gasteiger partial charge is 0.253 e. The summed E-state index contributed by atoms with van der Waals surface area (Å²) in [6.07, 6.45) is 5.66. The first-order chi connectivity index (χ1) is 19.2. The van der Waals surface area contributed by atoms with Gasteiger partial charge in [0.25, 0.3) is 5.56 Å². The molecule has 1 N–H and O–H groups in total. The zero-order valence-electron chi connectivity index (χ0n) is 22.1. The van der Waals surface area contributed by atoms with Crippen LogP contribution in [0.25, 0.3) is 10.9 Å². The zero-order chi connectivity index (χ0) is 26.6. The molecule has 0 bridgehead atoms. The number of aromatic nitrogens is 5. The van der Waals surface area contributed by atoms with Crippen molar-refractivity contribution in [2.75, 3.05) is 26.4 Å². The predicted octanol–water partition coefficient (Wildman–Crippen LogP) is 3.46. The molecule has 0 spiro atoms. The van der Waals surface area contributed by atoms with Gasteiger partial charge in [-0.1, -0.05) is 0 Å². The van der Waals surface area contributed by atoms with Gasteiger partial charge < -0.3 is 23.6 Å². The van der Waals surface area contributed by atoms with Crippen LogP contribution in [-0.4, -0.2) is 68.7 Å². The fourth-order valence-electron chi connectivity index (χ4n) is 5.59. The number of furan rings is 1.